The minimum atomic E-state index is -3.16. The topological polar surface area (TPSA) is 139 Å². The third kappa shape index (κ3) is 8.09. The Hall–Kier alpha value is -1.76. The summed E-state index contributed by atoms with van der Waals surface area (Å²) >= 11 is 6.07. The van der Waals surface area contributed by atoms with Crippen molar-refractivity contribution in [1.29, 1.82) is 5.26 Å². The lowest BCUT2D eigenvalue weighted by molar-refractivity contribution is 0.214. The van der Waals surface area contributed by atoms with Crippen LogP contribution in [0.2, 0.25) is 5.15 Å². The molecule has 0 spiro atoms. The van der Waals surface area contributed by atoms with E-state index < -0.39 is 7.60 Å². The third-order valence-electron chi connectivity index (χ3n) is 3.47. The van der Waals surface area contributed by atoms with E-state index in [1.807, 2.05) is 4.90 Å². The van der Waals surface area contributed by atoms with Crippen LogP contribution in [0.25, 0.3) is 0 Å². The molecule has 3 N–H and O–H groups in total. The van der Waals surface area contributed by atoms with Crippen LogP contribution in [0.5, 0.6) is 0 Å². The van der Waals surface area contributed by atoms with Gasteiger partial charge >= 0.3 is 7.60 Å². The highest BCUT2D eigenvalue weighted by molar-refractivity contribution is 7.53. The van der Waals surface area contributed by atoms with Crippen molar-refractivity contribution in [1.82, 2.24) is 14.9 Å². The molecule has 0 unspecified atom stereocenters. The van der Waals surface area contributed by atoms with Gasteiger partial charge in [0, 0.05) is 25.8 Å². The van der Waals surface area contributed by atoms with Crippen LogP contribution in [0.4, 0.5) is 17.5 Å². The monoisotopic (exact) mass is 431 g/mol. The number of anilines is 2. The molecule has 0 atom stereocenters. The van der Waals surface area contributed by atoms with Gasteiger partial charge in [0.2, 0.25) is 5.95 Å². The first-order valence-corrected chi connectivity index (χ1v) is 11.0. The summed E-state index contributed by atoms with van der Waals surface area (Å²) in [7, 11) is -3.16. The zero-order valence-corrected chi connectivity index (χ0v) is 18.0. The number of nitrogens with one attached hydrogen (secondary N) is 1. The maximum Gasteiger partial charge on any atom is 0.331 e. The molecular formula is C16H27ClN7O3P. The number of hydrogen-bond donors (Lipinski definition) is 2. The van der Waals surface area contributed by atoms with Crippen molar-refractivity contribution >= 4 is 42.9 Å². The van der Waals surface area contributed by atoms with Crippen LogP contribution >= 0.6 is 19.2 Å². The fourth-order valence-electron chi connectivity index (χ4n) is 2.34. The van der Waals surface area contributed by atoms with Crippen molar-refractivity contribution in [3.8, 4) is 6.07 Å². The predicted molar refractivity (Wildman–Crippen MR) is 112 cm³/mol. The van der Waals surface area contributed by atoms with E-state index in [0.29, 0.717) is 44.4 Å². The fraction of sp³-hybridized carbons (Fsp3) is 0.625. The largest absolute Gasteiger partial charge is 0.368 e. The second kappa shape index (κ2) is 12.6. The van der Waals surface area contributed by atoms with Crippen LogP contribution in [0.1, 0.15) is 20.8 Å². The smallest absolute Gasteiger partial charge is 0.331 e. The molecule has 0 aliphatic rings. The van der Waals surface area contributed by atoms with E-state index in [4.69, 9.17) is 31.6 Å². The quantitative estimate of drug-likeness (QED) is 0.209. The van der Waals surface area contributed by atoms with E-state index in [0.717, 1.165) is 0 Å². The van der Waals surface area contributed by atoms with Crippen LogP contribution in [0, 0.1) is 11.3 Å². The molecule has 0 bridgehead atoms. The summed E-state index contributed by atoms with van der Waals surface area (Å²) in [6, 6.07) is 2.10. The van der Waals surface area contributed by atoms with Gasteiger partial charge in [-0.05, 0) is 20.8 Å². The minimum Gasteiger partial charge on any atom is -0.368 e. The first-order chi connectivity index (χ1) is 13.4. The zero-order valence-electron chi connectivity index (χ0n) is 16.4. The third-order valence-corrected chi connectivity index (χ3v) is 5.79. The Bertz CT molecular complexity index is 732. The Kier molecular flexibility index (Phi) is 11.0. The Morgan fingerprint density at radius 3 is 2.61 bits per heavy atom. The van der Waals surface area contributed by atoms with E-state index in [1.54, 1.807) is 27.0 Å². The molecule has 1 aromatic rings. The van der Waals surface area contributed by atoms with Gasteiger partial charge in [0.15, 0.2) is 11.0 Å². The first kappa shape index (κ1) is 24.3. The van der Waals surface area contributed by atoms with E-state index in [1.165, 1.54) is 0 Å². The van der Waals surface area contributed by atoms with E-state index in [2.05, 4.69) is 26.3 Å². The summed E-state index contributed by atoms with van der Waals surface area (Å²) in [6.07, 6.45) is 1.78. The molecule has 10 nitrogen and oxygen atoms in total. The number of aliphatic imine (C=N–C) groups is 1. The van der Waals surface area contributed by atoms with Crippen LogP contribution < -0.4 is 11.1 Å². The number of nitrogen functional groups attached to an aromatic ring is 1. The van der Waals surface area contributed by atoms with E-state index >= 15 is 0 Å². The highest BCUT2D eigenvalue weighted by Crippen LogP contribution is 2.47. The molecule has 1 aromatic heterocycles. The second-order valence-electron chi connectivity index (χ2n) is 5.49. The van der Waals surface area contributed by atoms with Gasteiger partial charge in [-0.1, -0.05) is 11.6 Å². The van der Waals surface area contributed by atoms with Gasteiger partial charge in [-0.25, -0.2) is 0 Å². The highest BCUT2D eigenvalue weighted by atomic mass is 35.5. The van der Waals surface area contributed by atoms with Gasteiger partial charge in [-0.2, -0.15) is 15.2 Å². The van der Waals surface area contributed by atoms with Gasteiger partial charge in [0.05, 0.1) is 32.0 Å². The lowest BCUT2D eigenvalue weighted by Crippen LogP contribution is -2.32. The summed E-state index contributed by atoms with van der Waals surface area (Å²) in [5.41, 5.74) is 6.04. The van der Waals surface area contributed by atoms with Crippen molar-refractivity contribution < 1.29 is 13.6 Å². The molecule has 0 saturated heterocycles. The molecule has 0 saturated carbocycles. The number of nitriles is 1. The SMILES string of the molecule is CC=Nc1c(Cl)nc(N)nc1NCCN(CC#N)CCP(=O)(OCC)OCC. The van der Waals surface area contributed by atoms with E-state index in [-0.39, 0.29) is 23.8 Å². The average Bonchev–Trinajstić information content (AvgIpc) is 2.63. The number of aromatic nitrogens is 2. The number of rotatable bonds is 13. The van der Waals surface area contributed by atoms with Gasteiger partial charge in [-0.15, -0.1) is 0 Å². The Balaban J connectivity index is 2.72. The van der Waals surface area contributed by atoms with Gasteiger partial charge < -0.3 is 20.1 Å². The molecule has 0 radical (unpaired) electrons. The van der Waals surface area contributed by atoms with Crippen molar-refractivity contribution in [2.75, 3.05) is 56.6 Å². The summed E-state index contributed by atoms with van der Waals surface area (Å²) < 4.78 is 23.2. The van der Waals surface area contributed by atoms with Gasteiger partial charge in [0.25, 0.3) is 0 Å². The summed E-state index contributed by atoms with van der Waals surface area (Å²) in [4.78, 5) is 14.0. The molecule has 12 heteroatoms. The van der Waals surface area contributed by atoms with Crippen LogP contribution in [0.3, 0.4) is 0 Å². The minimum absolute atomic E-state index is 0.0331. The van der Waals surface area contributed by atoms with Gasteiger partial charge in [-0.3, -0.25) is 14.5 Å². The van der Waals surface area contributed by atoms with Crippen molar-refractivity contribution in [2.24, 2.45) is 4.99 Å². The highest BCUT2D eigenvalue weighted by Gasteiger charge is 2.24. The van der Waals surface area contributed by atoms with Crippen molar-refractivity contribution in [3.05, 3.63) is 5.15 Å². The maximum atomic E-state index is 12.6. The maximum absolute atomic E-state index is 12.6. The first-order valence-electron chi connectivity index (χ1n) is 8.92. The normalized spacial score (nSPS) is 11.9. The Labute approximate surface area is 170 Å². The van der Waals surface area contributed by atoms with Crippen molar-refractivity contribution in [3.63, 3.8) is 0 Å². The lowest BCUT2D eigenvalue weighted by atomic mass is 10.4. The molecular weight excluding hydrogens is 405 g/mol. The number of nitrogens with zero attached hydrogens (tertiary/aromatic N) is 5. The number of halogens is 1. The summed E-state index contributed by atoms with van der Waals surface area (Å²) in [6.45, 7) is 7.36. The van der Waals surface area contributed by atoms with Crippen molar-refractivity contribution in [2.45, 2.75) is 20.8 Å². The molecule has 28 heavy (non-hydrogen) atoms. The number of hydrogen-bond acceptors (Lipinski definition) is 10. The van der Waals surface area contributed by atoms with Crippen LogP contribution in [-0.2, 0) is 13.6 Å². The standard InChI is InChI=1S/C16H27ClN7O3P/c1-4-20-13-14(17)22-16(19)23-15(13)21-8-10-24(9-7-18)11-12-28(25,26-5-2)27-6-3/h4H,5-6,8-12H2,1-3H3,(H3,19,21,22,23). The molecule has 156 valence electrons. The Morgan fingerprint density at radius 2 is 2.04 bits per heavy atom. The molecule has 0 fully saturated rings. The molecule has 1 heterocycles. The number of nitrogens with two attached hydrogens (primary N) is 1. The zero-order chi connectivity index (χ0) is 21.0. The molecule has 0 amide bonds. The molecule has 0 aromatic carbocycles. The lowest BCUT2D eigenvalue weighted by Gasteiger charge is -2.23. The predicted octanol–water partition coefficient (Wildman–Crippen LogP) is 2.94. The molecule has 0 aliphatic carbocycles. The summed E-state index contributed by atoms with van der Waals surface area (Å²) in [5, 5.41) is 12.3. The average molecular weight is 432 g/mol. The molecule has 0 aliphatic heterocycles. The van der Waals surface area contributed by atoms with Gasteiger partial charge in [0.1, 0.15) is 5.69 Å². The van der Waals surface area contributed by atoms with E-state index in [9.17, 15) is 4.57 Å². The molecule has 1 rings (SSSR count). The van der Waals surface area contributed by atoms with Crippen LogP contribution in [-0.4, -0.2) is 66.6 Å². The van der Waals surface area contributed by atoms with Crippen LogP contribution in [0.15, 0.2) is 4.99 Å². The summed E-state index contributed by atoms with van der Waals surface area (Å²) in [5.74, 6) is 0.438. The fourth-order valence-corrected chi connectivity index (χ4v) is 4.21. The second-order valence-corrected chi connectivity index (χ2v) is 8.03. The Morgan fingerprint density at radius 1 is 1.36 bits per heavy atom.